The van der Waals surface area contributed by atoms with Crippen LogP contribution in [0.3, 0.4) is 0 Å². The second-order valence-corrected chi connectivity index (χ2v) is 3.70. The van der Waals surface area contributed by atoms with Crippen molar-refractivity contribution in [2.24, 2.45) is 0 Å². The van der Waals surface area contributed by atoms with Gasteiger partial charge in [-0.1, -0.05) is 31.5 Å². The van der Waals surface area contributed by atoms with Gasteiger partial charge in [0.25, 0.3) is 0 Å². The highest BCUT2D eigenvalue weighted by Crippen LogP contribution is 2.17. The van der Waals surface area contributed by atoms with Gasteiger partial charge in [0.15, 0.2) is 0 Å². The summed E-state index contributed by atoms with van der Waals surface area (Å²) < 4.78 is 0. The van der Waals surface area contributed by atoms with Crippen molar-refractivity contribution in [2.75, 3.05) is 0 Å². The molecule has 2 nitrogen and oxygen atoms in total. The molecule has 0 unspecified atom stereocenters. The summed E-state index contributed by atoms with van der Waals surface area (Å²) >= 11 is 0. The van der Waals surface area contributed by atoms with E-state index in [1.807, 2.05) is 18.2 Å². The van der Waals surface area contributed by atoms with Gasteiger partial charge in [-0.3, -0.25) is 4.98 Å². The van der Waals surface area contributed by atoms with Gasteiger partial charge in [0, 0.05) is 5.39 Å². The first-order valence-corrected chi connectivity index (χ1v) is 5.33. The molecule has 2 heteroatoms. The first kappa shape index (κ1) is 10.1. The molecule has 15 heavy (non-hydrogen) atoms. The lowest BCUT2D eigenvalue weighted by Gasteiger charge is -2.07. The third-order valence-electron chi connectivity index (χ3n) is 2.56. The number of aromatic nitrogens is 1. The fraction of sp³-hybridized carbons (Fsp3) is 0.308. The molecule has 1 heterocycles. The lowest BCUT2D eigenvalue weighted by atomic mass is 10.1. The number of para-hydroxylation sites is 1. The van der Waals surface area contributed by atoms with Crippen LogP contribution in [0.5, 0.6) is 0 Å². The molecule has 1 aromatic carbocycles. The molecule has 0 amide bonds. The molecule has 0 spiro atoms. The van der Waals surface area contributed by atoms with Gasteiger partial charge in [-0.2, -0.15) is 0 Å². The zero-order chi connectivity index (χ0) is 10.7. The summed E-state index contributed by atoms with van der Waals surface area (Å²) in [6.45, 7) is 2.16. The second-order valence-electron chi connectivity index (χ2n) is 3.70. The van der Waals surface area contributed by atoms with Crippen LogP contribution in [0.2, 0.25) is 0 Å². The fourth-order valence-electron chi connectivity index (χ4n) is 1.82. The lowest BCUT2D eigenvalue weighted by Crippen LogP contribution is -1.98. The van der Waals surface area contributed by atoms with Crippen molar-refractivity contribution in [3.8, 4) is 0 Å². The smallest absolute Gasteiger partial charge is 0.0856 e. The Balaban J connectivity index is 2.58. The molecule has 2 rings (SSSR count). The topological polar surface area (TPSA) is 33.1 Å². The number of aliphatic hydroxyl groups excluding tert-OH is 1. The lowest BCUT2D eigenvalue weighted by molar-refractivity contribution is 0.276. The van der Waals surface area contributed by atoms with Crippen molar-refractivity contribution in [1.29, 1.82) is 0 Å². The van der Waals surface area contributed by atoms with Gasteiger partial charge in [0.1, 0.15) is 0 Å². The minimum atomic E-state index is 0.0279. The van der Waals surface area contributed by atoms with Crippen LogP contribution in [0.1, 0.15) is 24.6 Å². The molecule has 0 aliphatic rings. The molecule has 0 bridgehead atoms. The molecule has 2 aromatic rings. The van der Waals surface area contributed by atoms with Crippen molar-refractivity contribution in [1.82, 2.24) is 4.98 Å². The number of aliphatic hydroxyl groups is 1. The van der Waals surface area contributed by atoms with Gasteiger partial charge in [0.05, 0.1) is 17.8 Å². The Labute approximate surface area is 89.6 Å². The predicted octanol–water partition coefficient (Wildman–Crippen LogP) is 2.68. The van der Waals surface area contributed by atoms with E-state index in [9.17, 15) is 5.11 Å². The highest BCUT2D eigenvalue weighted by Gasteiger charge is 2.04. The Hall–Kier alpha value is -1.41. The molecule has 78 valence electrons. The van der Waals surface area contributed by atoms with E-state index in [1.54, 1.807) is 0 Å². The molecule has 0 saturated heterocycles. The first-order valence-electron chi connectivity index (χ1n) is 5.33. The number of hydrogen-bond acceptors (Lipinski definition) is 2. The number of rotatable bonds is 3. The molecule has 1 aromatic heterocycles. The summed E-state index contributed by atoms with van der Waals surface area (Å²) in [6.07, 6.45) is 2.06. The molecular weight excluding hydrogens is 186 g/mol. The quantitative estimate of drug-likeness (QED) is 0.828. The highest BCUT2D eigenvalue weighted by molar-refractivity contribution is 5.79. The van der Waals surface area contributed by atoms with E-state index in [4.69, 9.17) is 0 Å². The van der Waals surface area contributed by atoms with Crippen LogP contribution in [0, 0.1) is 0 Å². The maximum Gasteiger partial charge on any atom is 0.0856 e. The van der Waals surface area contributed by atoms with Crippen LogP contribution in [-0.2, 0) is 13.0 Å². The summed E-state index contributed by atoms with van der Waals surface area (Å²) in [7, 11) is 0. The Bertz CT molecular complexity index is 465. The molecule has 0 atom stereocenters. The first-order chi connectivity index (χ1) is 7.35. The van der Waals surface area contributed by atoms with Gasteiger partial charge in [-0.15, -0.1) is 0 Å². The minimum absolute atomic E-state index is 0.0279. The van der Waals surface area contributed by atoms with E-state index in [0.29, 0.717) is 0 Å². The van der Waals surface area contributed by atoms with E-state index < -0.39 is 0 Å². The van der Waals surface area contributed by atoms with Crippen molar-refractivity contribution in [2.45, 2.75) is 26.4 Å². The largest absolute Gasteiger partial charge is 0.390 e. The summed E-state index contributed by atoms with van der Waals surface area (Å²) in [5.41, 5.74) is 2.94. The number of benzene rings is 1. The van der Waals surface area contributed by atoms with Crippen LogP contribution in [0.15, 0.2) is 30.3 Å². The number of fused-ring (bicyclic) bond motifs is 1. The second kappa shape index (κ2) is 4.41. The molecule has 0 saturated carbocycles. The number of pyridine rings is 1. The zero-order valence-corrected chi connectivity index (χ0v) is 8.90. The van der Waals surface area contributed by atoms with Crippen LogP contribution in [0.25, 0.3) is 10.9 Å². The van der Waals surface area contributed by atoms with E-state index in [1.165, 1.54) is 5.56 Å². The highest BCUT2D eigenvalue weighted by atomic mass is 16.3. The van der Waals surface area contributed by atoms with Gasteiger partial charge in [-0.25, -0.2) is 0 Å². The standard InChI is InChI=1S/C13H15NO/c1-2-5-10-8-11-6-3-4-7-12(11)14-13(10)9-15/h3-4,6-8,15H,2,5,9H2,1H3. The number of nitrogens with zero attached hydrogens (tertiary/aromatic N) is 1. The summed E-state index contributed by atoms with van der Waals surface area (Å²) in [5, 5.41) is 10.4. The van der Waals surface area contributed by atoms with Crippen LogP contribution in [-0.4, -0.2) is 10.1 Å². The monoisotopic (exact) mass is 201 g/mol. The van der Waals surface area contributed by atoms with Crippen LogP contribution < -0.4 is 0 Å². The van der Waals surface area contributed by atoms with Crippen molar-refractivity contribution in [3.63, 3.8) is 0 Å². The molecule has 0 aliphatic heterocycles. The molecule has 0 fully saturated rings. The summed E-state index contributed by atoms with van der Waals surface area (Å²) in [6, 6.07) is 10.2. The van der Waals surface area contributed by atoms with E-state index in [0.717, 1.165) is 29.4 Å². The third-order valence-corrected chi connectivity index (χ3v) is 2.56. The van der Waals surface area contributed by atoms with Crippen LogP contribution in [0.4, 0.5) is 0 Å². The summed E-state index contributed by atoms with van der Waals surface area (Å²) in [5.74, 6) is 0. The Morgan fingerprint density at radius 3 is 2.80 bits per heavy atom. The maximum atomic E-state index is 9.24. The molecule has 1 N–H and O–H groups in total. The Morgan fingerprint density at radius 2 is 2.07 bits per heavy atom. The molecule has 0 aliphatic carbocycles. The average Bonchev–Trinajstić information content (AvgIpc) is 2.28. The van der Waals surface area contributed by atoms with Crippen LogP contribution >= 0.6 is 0 Å². The molecular formula is C13H15NO. The van der Waals surface area contributed by atoms with Gasteiger partial charge in [-0.05, 0) is 24.1 Å². The van der Waals surface area contributed by atoms with Gasteiger partial charge >= 0.3 is 0 Å². The van der Waals surface area contributed by atoms with Crippen molar-refractivity contribution < 1.29 is 5.11 Å². The van der Waals surface area contributed by atoms with E-state index in [-0.39, 0.29) is 6.61 Å². The van der Waals surface area contributed by atoms with Gasteiger partial charge in [0.2, 0.25) is 0 Å². The van der Waals surface area contributed by atoms with E-state index >= 15 is 0 Å². The Morgan fingerprint density at radius 1 is 1.27 bits per heavy atom. The number of aryl methyl sites for hydroxylation is 1. The third kappa shape index (κ3) is 2.00. The van der Waals surface area contributed by atoms with E-state index in [2.05, 4.69) is 24.0 Å². The van der Waals surface area contributed by atoms with Gasteiger partial charge < -0.3 is 5.11 Å². The maximum absolute atomic E-state index is 9.24. The minimum Gasteiger partial charge on any atom is -0.390 e. The Kier molecular flexibility index (Phi) is 2.97. The summed E-state index contributed by atoms with van der Waals surface area (Å²) in [4.78, 5) is 4.46. The average molecular weight is 201 g/mol. The zero-order valence-electron chi connectivity index (χ0n) is 8.90. The fourth-order valence-corrected chi connectivity index (χ4v) is 1.82. The molecule has 0 radical (unpaired) electrons. The SMILES string of the molecule is CCCc1cc2ccccc2nc1CO. The predicted molar refractivity (Wildman–Crippen MR) is 61.7 cm³/mol. The van der Waals surface area contributed by atoms with Crippen molar-refractivity contribution in [3.05, 3.63) is 41.6 Å². The normalized spacial score (nSPS) is 10.8. The van der Waals surface area contributed by atoms with Crippen molar-refractivity contribution >= 4 is 10.9 Å². The number of hydrogen-bond donors (Lipinski definition) is 1.